The Morgan fingerprint density at radius 1 is 1.48 bits per heavy atom. The summed E-state index contributed by atoms with van der Waals surface area (Å²) in [6.45, 7) is 2.15. The molecule has 2 rings (SSSR count). The predicted molar refractivity (Wildman–Crippen MR) is 80.6 cm³/mol. The molecule has 0 aliphatic carbocycles. The van der Waals surface area contributed by atoms with Crippen molar-refractivity contribution in [2.45, 2.75) is 19.9 Å². The SMILES string of the molecule is Cc1ccc(NC(=O)Cn2cccn2)c(C#CCCO)c1. The van der Waals surface area contributed by atoms with Crippen molar-refractivity contribution in [3.8, 4) is 11.8 Å². The number of rotatable bonds is 4. The molecule has 2 aromatic rings. The lowest BCUT2D eigenvalue weighted by atomic mass is 10.1. The highest BCUT2D eigenvalue weighted by Gasteiger charge is 2.07. The fraction of sp³-hybridized carbons (Fsp3) is 0.250. The van der Waals surface area contributed by atoms with E-state index in [0.29, 0.717) is 12.1 Å². The number of carbonyl (C=O) groups is 1. The third-order valence-corrected chi connectivity index (χ3v) is 2.77. The number of nitrogens with zero attached hydrogens (tertiary/aromatic N) is 2. The zero-order chi connectivity index (χ0) is 15.1. The van der Waals surface area contributed by atoms with E-state index in [2.05, 4.69) is 22.3 Å². The molecule has 2 N–H and O–H groups in total. The Morgan fingerprint density at radius 2 is 2.33 bits per heavy atom. The number of hydrogen-bond donors (Lipinski definition) is 2. The van der Waals surface area contributed by atoms with E-state index in [4.69, 9.17) is 5.11 Å². The van der Waals surface area contributed by atoms with Crippen LogP contribution in [0.2, 0.25) is 0 Å². The smallest absolute Gasteiger partial charge is 0.246 e. The number of aromatic nitrogens is 2. The van der Waals surface area contributed by atoms with Gasteiger partial charge in [0.05, 0.1) is 12.3 Å². The summed E-state index contributed by atoms with van der Waals surface area (Å²) in [5.41, 5.74) is 2.48. The summed E-state index contributed by atoms with van der Waals surface area (Å²) in [5.74, 6) is 5.68. The molecule has 0 fully saturated rings. The zero-order valence-electron chi connectivity index (χ0n) is 11.8. The van der Waals surface area contributed by atoms with Crippen molar-refractivity contribution in [3.63, 3.8) is 0 Å². The number of hydrogen-bond acceptors (Lipinski definition) is 3. The maximum atomic E-state index is 12.0. The van der Waals surface area contributed by atoms with Crippen LogP contribution in [-0.4, -0.2) is 27.4 Å². The predicted octanol–water partition coefficient (Wildman–Crippen LogP) is 1.56. The van der Waals surface area contributed by atoms with Crippen LogP contribution in [0.15, 0.2) is 36.7 Å². The van der Waals surface area contributed by atoms with Gasteiger partial charge < -0.3 is 10.4 Å². The molecule has 0 saturated carbocycles. The Balaban J connectivity index is 2.12. The Morgan fingerprint density at radius 3 is 3.05 bits per heavy atom. The van der Waals surface area contributed by atoms with Gasteiger partial charge in [0.15, 0.2) is 0 Å². The van der Waals surface area contributed by atoms with Crippen LogP contribution in [0.25, 0.3) is 0 Å². The van der Waals surface area contributed by atoms with Crippen LogP contribution >= 0.6 is 0 Å². The normalized spacial score (nSPS) is 9.81. The summed E-state index contributed by atoms with van der Waals surface area (Å²) >= 11 is 0. The van der Waals surface area contributed by atoms with E-state index in [-0.39, 0.29) is 19.1 Å². The van der Waals surface area contributed by atoms with Crippen molar-refractivity contribution < 1.29 is 9.90 Å². The first kappa shape index (κ1) is 14.8. The van der Waals surface area contributed by atoms with E-state index in [1.165, 1.54) is 0 Å². The maximum Gasteiger partial charge on any atom is 0.246 e. The van der Waals surface area contributed by atoms with Crippen molar-refractivity contribution in [3.05, 3.63) is 47.8 Å². The molecule has 0 aliphatic heterocycles. The largest absolute Gasteiger partial charge is 0.395 e. The number of amides is 1. The van der Waals surface area contributed by atoms with E-state index >= 15 is 0 Å². The Hall–Kier alpha value is -2.58. The lowest BCUT2D eigenvalue weighted by molar-refractivity contribution is -0.116. The molecule has 5 nitrogen and oxygen atoms in total. The number of nitrogens with one attached hydrogen (secondary N) is 1. The van der Waals surface area contributed by atoms with Crippen LogP contribution in [-0.2, 0) is 11.3 Å². The second-order valence-corrected chi connectivity index (χ2v) is 4.58. The molecular formula is C16H17N3O2. The molecule has 5 heteroatoms. The minimum atomic E-state index is -0.159. The number of aryl methyl sites for hydroxylation is 1. The first-order valence-corrected chi connectivity index (χ1v) is 6.66. The molecule has 0 aliphatic rings. The lowest BCUT2D eigenvalue weighted by Gasteiger charge is -2.08. The second kappa shape index (κ2) is 7.27. The van der Waals surface area contributed by atoms with Gasteiger partial charge in [-0.2, -0.15) is 5.10 Å². The van der Waals surface area contributed by atoms with Crippen molar-refractivity contribution in [2.75, 3.05) is 11.9 Å². The van der Waals surface area contributed by atoms with Gasteiger partial charge in [-0.3, -0.25) is 9.48 Å². The van der Waals surface area contributed by atoms with Crippen molar-refractivity contribution in [1.29, 1.82) is 0 Å². The standard InChI is InChI=1S/C16H17N3O2/c1-13-6-7-15(14(11-13)5-2-3-10-20)18-16(21)12-19-9-4-8-17-19/h4,6-9,11,20H,3,10,12H2,1H3,(H,18,21). The van der Waals surface area contributed by atoms with Gasteiger partial charge in [-0.05, 0) is 30.7 Å². The molecule has 21 heavy (non-hydrogen) atoms. The number of carbonyl (C=O) groups excluding carboxylic acids is 1. The summed E-state index contributed by atoms with van der Waals surface area (Å²) < 4.78 is 1.56. The summed E-state index contributed by atoms with van der Waals surface area (Å²) in [4.78, 5) is 12.0. The van der Waals surface area contributed by atoms with E-state index in [0.717, 1.165) is 11.1 Å². The number of aliphatic hydroxyl groups is 1. The van der Waals surface area contributed by atoms with Gasteiger partial charge in [-0.1, -0.05) is 17.9 Å². The summed E-state index contributed by atoms with van der Waals surface area (Å²) in [7, 11) is 0. The lowest BCUT2D eigenvalue weighted by Crippen LogP contribution is -2.19. The molecule has 0 spiro atoms. The van der Waals surface area contributed by atoms with Crippen LogP contribution in [0.1, 0.15) is 17.5 Å². The minimum absolute atomic E-state index is 0.0276. The van der Waals surface area contributed by atoms with E-state index in [1.807, 2.05) is 25.1 Å². The van der Waals surface area contributed by atoms with Gasteiger partial charge in [0.1, 0.15) is 6.54 Å². The molecule has 1 heterocycles. The first-order valence-electron chi connectivity index (χ1n) is 6.66. The third-order valence-electron chi connectivity index (χ3n) is 2.77. The second-order valence-electron chi connectivity index (χ2n) is 4.58. The molecule has 0 radical (unpaired) electrons. The summed E-state index contributed by atoms with van der Waals surface area (Å²) in [5, 5.41) is 15.6. The first-order chi connectivity index (χ1) is 10.2. The van der Waals surface area contributed by atoms with E-state index in [1.54, 1.807) is 23.1 Å². The molecule has 0 atom stereocenters. The van der Waals surface area contributed by atoms with Crippen LogP contribution in [0.4, 0.5) is 5.69 Å². The van der Waals surface area contributed by atoms with Gasteiger partial charge in [0.25, 0.3) is 0 Å². The number of aliphatic hydroxyl groups excluding tert-OH is 1. The summed E-state index contributed by atoms with van der Waals surface area (Å²) in [6, 6.07) is 7.43. The fourth-order valence-electron chi connectivity index (χ4n) is 1.81. The van der Waals surface area contributed by atoms with Gasteiger partial charge in [0, 0.05) is 24.4 Å². The highest BCUT2D eigenvalue weighted by atomic mass is 16.2. The molecule has 108 valence electrons. The van der Waals surface area contributed by atoms with Gasteiger partial charge in [-0.15, -0.1) is 0 Å². The molecule has 1 amide bonds. The van der Waals surface area contributed by atoms with Crippen molar-refractivity contribution in [2.24, 2.45) is 0 Å². The van der Waals surface area contributed by atoms with Crippen LogP contribution in [0.3, 0.4) is 0 Å². The zero-order valence-corrected chi connectivity index (χ0v) is 11.8. The molecule has 1 aromatic heterocycles. The third kappa shape index (κ3) is 4.48. The average Bonchev–Trinajstić information content (AvgIpc) is 2.95. The maximum absolute atomic E-state index is 12.0. The Labute approximate surface area is 123 Å². The van der Waals surface area contributed by atoms with Crippen molar-refractivity contribution in [1.82, 2.24) is 9.78 Å². The quantitative estimate of drug-likeness (QED) is 0.837. The molecule has 0 unspecified atom stereocenters. The van der Waals surface area contributed by atoms with Gasteiger partial charge in [-0.25, -0.2) is 0 Å². The monoisotopic (exact) mass is 283 g/mol. The van der Waals surface area contributed by atoms with E-state index < -0.39 is 0 Å². The summed E-state index contributed by atoms with van der Waals surface area (Å²) in [6.07, 6.45) is 3.77. The molecular weight excluding hydrogens is 266 g/mol. The van der Waals surface area contributed by atoms with E-state index in [9.17, 15) is 4.79 Å². The molecule has 1 aromatic carbocycles. The fourth-order valence-corrected chi connectivity index (χ4v) is 1.81. The van der Waals surface area contributed by atoms with Gasteiger partial charge >= 0.3 is 0 Å². The van der Waals surface area contributed by atoms with Crippen LogP contribution in [0.5, 0.6) is 0 Å². The topological polar surface area (TPSA) is 67.2 Å². The average molecular weight is 283 g/mol. The minimum Gasteiger partial charge on any atom is -0.395 e. The highest BCUT2D eigenvalue weighted by Crippen LogP contribution is 2.16. The molecule has 0 bridgehead atoms. The Kier molecular flexibility index (Phi) is 5.13. The highest BCUT2D eigenvalue weighted by molar-refractivity contribution is 5.92. The molecule has 0 saturated heterocycles. The number of anilines is 1. The Bertz CT molecular complexity index is 667. The van der Waals surface area contributed by atoms with Crippen LogP contribution < -0.4 is 5.32 Å². The van der Waals surface area contributed by atoms with Crippen molar-refractivity contribution >= 4 is 11.6 Å². The van der Waals surface area contributed by atoms with Gasteiger partial charge in [0.2, 0.25) is 5.91 Å². The van der Waals surface area contributed by atoms with Crippen LogP contribution in [0, 0.1) is 18.8 Å². The number of benzene rings is 1.